The normalized spacial score (nSPS) is 30.5. The number of nitrogens with zero attached hydrogens (tertiary/aromatic N) is 2. The molecule has 0 aliphatic heterocycles. The predicted molar refractivity (Wildman–Crippen MR) is 128 cm³/mol. The van der Waals surface area contributed by atoms with Crippen LogP contribution in [0.15, 0.2) is 12.1 Å². The van der Waals surface area contributed by atoms with Crippen LogP contribution in [0.25, 0.3) is 0 Å². The lowest BCUT2D eigenvalue weighted by Crippen LogP contribution is -2.74. The third kappa shape index (κ3) is 3.93. The number of ketones is 4. The van der Waals surface area contributed by atoms with Crippen LogP contribution in [-0.4, -0.2) is 69.9 Å². The molecule has 1 aromatic rings. The van der Waals surface area contributed by atoms with E-state index in [1.165, 1.54) is 25.1 Å². The topological polar surface area (TPSA) is 179 Å². The first-order valence-electron chi connectivity index (χ1n) is 12.0. The zero-order chi connectivity index (χ0) is 27.2. The van der Waals surface area contributed by atoms with E-state index in [4.69, 9.17) is 11.0 Å². The van der Waals surface area contributed by atoms with E-state index in [2.05, 4.69) is 11.8 Å². The second kappa shape index (κ2) is 9.55. The van der Waals surface area contributed by atoms with E-state index in [0.29, 0.717) is 30.4 Å². The molecule has 3 aliphatic rings. The van der Waals surface area contributed by atoms with Crippen molar-refractivity contribution in [2.75, 3.05) is 14.1 Å². The Bertz CT molecular complexity index is 1330. The fourth-order valence-electron chi connectivity index (χ4n) is 6.14. The number of aliphatic hydroxyl groups is 1. The lowest BCUT2D eigenvalue weighted by Gasteiger charge is -2.52. The fourth-order valence-corrected chi connectivity index (χ4v) is 6.14. The number of hydrogen-bond donors (Lipinski definition) is 3. The van der Waals surface area contributed by atoms with E-state index in [1.54, 1.807) is 6.07 Å². The minimum Gasteiger partial charge on any atom is -0.507 e. The van der Waals surface area contributed by atoms with Crippen LogP contribution >= 0.6 is 0 Å². The smallest absolute Gasteiger partial charge is 0.235 e. The number of amides is 1. The Hall–Kier alpha value is -3.86. The standard InChI is InChI=1S/C27H27N3O7/c1-30(2)21-16-12-14-11-15-13(7-5-3-4-6-10-28)8-9-17(31)19(15)22(32)18(14)24(34)27(16,37)25(35)20(23(21)33)26(29)36/h8-9,14,16,18,20-21,31,37H,3-4,6,11-12H2,1-2H3,(H2,29,36)/t14-,16-,18?,20?,21-,27-/m0/s1. The van der Waals surface area contributed by atoms with Crippen molar-refractivity contribution in [1.82, 2.24) is 4.90 Å². The quantitative estimate of drug-likeness (QED) is 0.286. The first-order valence-corrected chi connectivity index (χ1v) is 12.0. The number of carbonyl (C=O) groups excluding carboxylic acids is 5. The highest BCUT2D eigenvalue weighted by Gasteiger charge is 2.69. The van der Waals surface area contributed by atoms with E-state index in [9.17, 15) is 34.2 Å². The highest BCUT2D eigenvalue weighted by Crippen LogP contribution is 2.50. The monoisotopic (exact) mass is 505 g/mol. The molecule has 0 saturated heterocycles. The molecule has 4 rings (SSSR count). The Morgan fingerprint density at radius 3 is 2.51 bits per heavy atom. The van der Waals surface area contributed by atoms with Gasteiger partial charge in [0.2, 0.25) is 5.91 Å². The molecular weight excluding hydrogens is 478 g/mol. The predicted octanol–water partition coefficient (Wildman–Crippen LogP) is -0.0876. The maximum Gasteiger partial charge on any atom is 0.235 e. The van der Waals surface area contributed by atoms with Crippen molar-refractivity contribution in [1.29, 1.82) is 5.26 Å². The maximum atomic E-state index is 13.7. The minimum absolute atomic E-state index is 0.0193. The van der Waals surface area contributed by atoms with Gasteiger partial charge in [0, 0.05) is 24.3 Å². The molecular formula is C27H27N3O7. The Morgan fingerprint density at radius 2 is 1.89 bits per heavy atom. The van der Waals surface area contributed by atoms with Crippen LogP contribution in [0, 0.1) is 46.8 Å². The van der Waals surface area contributed by atoms with Crippen molar-refractivity contribution in [3.8, 4) is 23.7 Å². The highest BCUT2D eigenvalue weighted by atomic mass is 16.3. The van der Waals surface area contributed by atoms with Gasteiger partial charge in [-0.3, -0.25) is 28.9 Å². The van der Waals surface area contributed by atoms with Crippen LogP contribution in [0.5, 0.6) is 5.75 Å². The number of phenols is 1. The summed E-state index contributed by atoms with van der Waals surface area (Å²) in [6.07, 6.45) is 1.55. The molecule has 2 unspecified atom stereocenters. The molecule has 1 amide bonds. The zero-order valence-electron chi connectivity index (χ0n) is 20.5. The largest absolute Gasteiger partial charge is 0.507 e. The highest BCUT2D eigenvalue weighted by molar-refractivity contribution is 6.32. The van der Waals surface area contributed by atoms with Gasteiger partial charge in [0.15, 0.2) is 34.7 Å². The van der Waals surface area contributed by atoms with Crippen LogP contribution in [0.1, 0.15) is 47.2 Å². The summed E-state index contributed by atoms with van der Waals surface area (Å²) in [5.41, 5.74) is 3.44. The minimum atomic E-state index is -2.75. The number of carbonyl (C=O) groups is 5. The molecule has 0 bridgehead atoms. The third-order valence-electron chi connectivity index (χ3n) is 7.76. The number of Topliss-reactive ketones (excluding diaryl/α,β-unsaturated/α-hetero) is 4. The molecule has 0 aromatic heterocycles. The summed E-state index contributed by atoms with van der Waals surface area (Å²) >= 11 is 0. The Balaban J connectivity index is 1.80. The van der Waals surface area contributed by atoms with Crippen LogP contribution in [0.2, 0.25) is 0 Å². The van der Waals surface area contributed by atoms with Gasteiger partial charge in [0.1, 0.15) is 5.75 Å². The third-order valence-corrected chi connectivity index (χ3v) is 7.76. The van der Waals surface area contributed by atoms with Crippen LogP contribution in [-0.2, 0) is 25.6 Å². The van der Waals surface area contributed by atoms with Gasteiger partial charge in [-0.1, -0.05) is 11.8 Å². The SMILES string of the molecule is CN(C)[C@@H]1C(=O)C(C(N)=O)C(=O)[C@@]2(O)C(=O)C3C(=O)c4c(O)ccc(C#CCCCC#N)c4C[C@H]3C[C@@H]12. The molecule has 6 atom stereocenters. The lowest BCUT2D eigenvalue weighted by molar-refractivity contribution is -0.181. The van der Waals surface area contributed by atoms with E-state index >= 15 is 0 Å². The molecule has 192 valence electrons. The Morgan fingerprint density at radius 1 is 1.19 bits per heavy atom. The first-order chi connectivity index (χ1) is 17.5. The van der Waals surface area contributed by atoms with Gasteiger partial charge in [0.25, 0.3) is 0 Å². The van der Waals surface area contributed by atoms with Crippen LogP contribution in [0.3, 0.4) is 0 Å². The van der Waals surface area contributed by atoms with Gasteiger partial charge in [0.05, 0.1) is 23.6 Å². The summed E-state index contributed by atoms with van der Waals surface area (Å²) in [5, 5.41) is 30.8. The number of aromatic hydroxyl groups is 1. The summed E-state index contributed by atoms with van der Waals surface area (Å²) in [6, 6.07) is 3.77. The number of primary amides is 1. The molecule has 2 fully saturated rings. The number of hydrogen-bond acceptors (Lipinski definition) is 9. The van der Waals surface area contributed by atoms with Crippen molar-refractivity contribution in [2.45, 2.75) is 43.7 Å². The van der Waals surface area contributed by atoms with Crippen molar-refractivity contribution < 1.29 is 34.2 Å². The number of phenolic OH excluding ortho intramolecular Hbond substituents is 1. The second-order valence-electron chi connectivity index (χ2n) is 10.1. The number of likely N-dealkylation sites (N-methyl/N-ethyl adjacent to an activating group) is 1. The Labute approximate surface area is 213 Å². The molecule has 2 saturated carbocycles. The fraction of sp³-hybridized carbons (Fsp3) is 0.481. The first kappa shape index (κ1) is 26.2. The number of nitriles is 1. The van der Waals surface area contributed by atoms with E-state index < -0.39 is 64.4 Å². The average Bonchev–Trinajstić information content (AvgIpc) is 2.82. The summed E-state index contributed by atoms with van der Waals surface area (Å²) in [7, 11) is 3.07. The second-order valence-corrected chi connectivity index (χ2v) is 10.1. The van der Waals surface area contributed by atoms with E-state index in [1.807, 2.05) is 6.07 Å². The molecule has 10 nitrogen and oxygen atoms in total. The summed E-state index contributed by atoms with van der Waals surface area (Å²) in [6.45, 7) is 0. The summed E-state index contributed by atoms with van der Waals surface area (Å²) in [5.74, 6) is -4.84. The van der Waals surface area contributed by atoms with Crippen molar-refractivity contribution >= 4 is 29.0 Å². The van der Waals surface area contributed by atoms with Crippen LogP contribution in [0.4, 0.5) is 0 Å². The van der Waals surface area contributed by atoms with E-state index in [0.717, 1.165) is 0 Å². The zero-order valence-corrected chi connectivity index (χ0v) is 20.5. The number of fused-ring (bicyclic) bond motifs is 3. The average molecular weight is 506 g/mol. The lowest BCUT2D eigenvalue weighted by atomic mass is 9.52. The van der Waals surface area contributed by atoms with Gasteiger partial charge in [-0.2, -0.15) is 5.26 Å². The Kier molecular flexibility index (Phi) is 6.76. The van der Waals surface area contributed by atoms with Gasteiger partial charge < -0.3 is 15.9 Å². The molecule has 10 heteroatoms. The molecule has 0 spiro atoms. The molecule has 4 N–H and O–H groups in total. The van der Waals surface area contributed by atoms with Gasteiger partial charge in [-0.05, 0) is 57.0 Å². The molecule has 37 heavy (non-hydrogen) atoms. The summed E-state index contributed by atoms with van der Waals surface area (Å²) < 4.78 is 0. The van der Waals surface area contributed by atoms with Crippen molar-refractivity contribution in [3.63, 3.8) is 0 Å². The molecule has 3 aliphatic carbocycles. The number of benzene rings is 1. The van der Waals surface area contributed by atoms with Gasteiger partial charge in [-0.25, -0.2) is 0 Å². The molecule has 0 radical (unpaired) electrons. The van der Waals surface area contributed by atoms with Crippen molar-refractivity contribution in [3.05, 3.63) is 28.8 Å². The number of nitrogens with two attached hydrogens (primary N) is 1. The van der Waals surface area contributed by atoms with Gasteiger partial charge >= 0.3 is 0 Å². The summed E-state index contributed by atoms with van der Waals surface area (Å²) in [4.78, 5) is 67.2. The van der Waals surface area contributed by atoms with Crippen LogP contribution < -0.4 is 5.73 Å². The number of unbranched alkanes of at least 4 members (excludes halogenated alkanes) is 2. The van der Waals surface area contributed by atoms with Gasteiger partial charge in [-0.15, -0.1) is 0 Å². The number of rotatable bonds is 4. The van der Waals surface area contributed by atoms with Crippen molar-refractivity contribution in [2.24, 2.45) is 29.4 Å². The molecule has 1 aromatic carbocycles. The molecule has 0 heterocycles. The van der Waals surface area contributed by atoms with E-state index in [-0.39, 0.29) is 24.2 Å². The maximum absolute atomic E-state index is 13.7.